The van der Waals surface area contributed by atoms with Gasteiger partial charge >= 0.3 is 6.18 Å². The second kappa shape index (κ2) is 5.71. The van der Waals surface area contributed by atoms with Crippen LogP contribution >= 0.6 is 11.3 Å². The van der Waals surface area contributed by atoms with Gasteiger partial charge in [-0.05, 0) is 18.7 Å². The summed E-state index contributed by atoms with van der Waals surface area (Å²) in [5.41, 5.74) is 1.44. The van der Waals surface area contributed by atoms with Crippen molar-refractivity contribution >= 4 is 11.3 Å². The average molecular weight is 286 g/mol. The molecule has 0 aliphatic carbocycles. The second-order valence-electron chi connectivity index (χ2n) is 4.29. The molecule has 19 heavy (non-hydrogen) atoms. The Kier molecular flexibility index (Phi) is 4.21. The molecule has 0 radical (unpaired) electrons. The van der Waals surface area contributed by atoms with Gasteiger partial charge in [0.15, 0.2) is 0 Å². The summed E-state index contributed by atoms with van der Waals surface area (Å²) in [4.78, 5) is 6.83. The lowest BCUT2D eigenvalue weighted by Crippen LogP contribution is -2.19. The Morgan fingerprint density at radius 2 is 1.95 bits per heavy atom. The molecule has 6 heteroatoms. The molecule has 0 aliphatic heterocycles. The molecule has 0 unspecified atom stereocenters. The quantitative estimate of drug-likeness (QED) is 0.850. The zero-order valence-corrected chi connectivity index (χ0v) is 11.1. The summed E-state index contributed by atoms with van der Waals surface area (Å²) in [6, 6.07) is 5.68. The zero-order valence-electron chi connectivity index (χ0n) is 10.3. The van der Waals surface area contributed by atoms with Crippen LogP contribution in [0.3, 0.4) is 0 Å². The lowest BCUT2D eigenvalue weighted by molar-refractivity contribution is -0.138. The van der Waals surface area contributed by atoms with E-state index < -0.39 is 11.7 Å². The molecule has 1 aromatic carbocycles. The van der Waals surface area contributed by atoms with Crippen molar-refractivity contribution < 1.29 is 13.2 Å². The molecule has 0 fully saturated rings. The Bertz CT molecular complexity index is 523. The van der Waals surface area contributed by atoms with Gasteiger partial charge in [-0.1, -0.05) is 18.2 Å². The number of halogens is 3. The van der Waals surface area contributed by atoms with Gasteiger partial charge in [-0.15, -0.1) is 11.3 Å². The predicted octanol–water partition coefficient (Wildman–Crippen LogP) is 3.79. The van der Waals surface area contributed by atoms with Crippen LogP contribution in [0.25, 0.3) is 0 Å². The number of hydrogen-bond donors (Lipinski definition) is 0. The zero-order chi connectivity index (χ0) is 13.9. The summed E-state index contributed by atoms with van der Waals surface area (Å²) in [5.74, 6) is 0. The molecule has 1 aromatic heterocycles. The van der Waals surface area contributed by atoms with E-state index in [0.717, 1.165) is 10.9 Å². The molecule has 0 saturated carbocycles. The van der Waals surface area contributed by atoms with Crippen LogP contribution in [0.4, 0.5) is 13.2 Å². The molecule has 0 spiro atoms. The molecule has 2 aromatic rings. The monoisotopic (exact) mass is 286 g/mol. The van der Waals surface area contributed by atoms with Gasteiger partial charge < -0.3 is 0 Å². The molecule has 0 amide bonds. The van der Waals surface area contributed by atoms with E-state index in [0.29, 0.717) is 12.1 Å². The maximum atomic E-state index is 12.8. The molecule has 0 saturated heterocycles. The average Bonchev–Trinajstić information content (AvgIpc) is 2.81. The minimum atomic E-state index is -4.30. The van der Waals surface area contributed by atoms with Gasteiger partial charge in [0.2, 0.25) is 0 Å². The van der Waals surface area contributed by atoms with Crippen molar-refractivity contribution in [2.45, 2.75) is 19.3 Å². The molecule has 0 bridgehead atoms. The van der Waals surface area contributed by atoms with Crippen molar-refractivity contribution in [1.82, 2.24) is 9.88 Å². The Hall–Kier alpha value is -1.40. The number of aromatic nitrogens is 1. The first-order chi connectivity index (χ1) is 8.97. The van der Waals surface area contributed by atoms with Crippen molar-refractivity contribution in [1.29, 1.82) is 0 Å². The first-order valence-corrected chi connectivity index (χ1v) is 6.56. The highest BCUT2D eigenvalue weighted by Gasteiger charge is 2.32. The first kappa shape index (κ1) is 14.0. The summed E-state index contributed by atoms with van der Waals surface area (Å²) in [6.07, 6.45) is -2.57. The largest absolute Gasteiger partial charge is 0.416 e. The third-order valence-electron chi connectivity index (χ3n) is 2.67. The number of hydrogen-bond acceptors (Lipinski definition) is 3. The van der Waals surface area contributed by atoms with Gasteiger partial charge in [0.05, 0.1) is 11.1 Å². The van der Waals surface area contributed by atoms with E-state index in [1.807, 2.05) is 4.90 Å². The fourth-order valence-corrected chi connectivity index (χ4v) is 2.54. The molecular weight excluding hydrogens is 273 g/mol. The Morgan fingerprint density at radius 1 is 1.21 bits per heavy atom. The van der Waals surface area contributed by atoms with E-state index >= 15 is 0 Å². The summed E-state index contributed by atoms with van der Waals surface area (Å²) in [6.45, 7) is 0.852. The molecule has 0 aliphatic rings. The van der Waals surface area contributed by atoms with Crippen molar-refractivity contribution in [3.8, 4) is 0 Å². The van der Waals surface area contributed by atoms with E-state index in [1.165, 1.54) is 23.5 Å². The summed E-state index contributed by atoms with van der Waals surface area (Å²) in [7, 11) is 1.80. The van der Waals surface area contributed by atoms with Gasteiger partial charge in [0, 0.05) is 24.2 Å². The number of alkyl halides is 3. The van der Waals surface area contributed by atoms with E-state index in [2.05, 4.69) is 4.98 Å². The van der Waals surface area contributed by atoms with Gasteiger partial charge in [-0.25, -0.2) is 0 Å². The number of nitrogens with zero attached hydrogens (tertiary/aromatic N) is 2. The third-order valence-corrected chi connectivity index (χ3v) is 3.44. The lowest BCUT2D eigenvalue weighted by Gasteiger charge is -2.19. The standard InChI is InChI=1S/C13H13F3N2S/c1-18(8-11-6-17-9-19-11)7-10-4-2-3-5-12(10)13(14,15)16/h2-6,9H,7-8H2,1H3. The number of thiazole rings is 1. The molecule has 2 rings (SSSR count). The number of benzene rings is 1. The molecule has 2 nitrogen and oxygen atoms in total. The van der Waals surface area contributed by atoms with E-state index in [-0.39, 0.29) is 6.54 Å². The van der Waals surface area contributed by atoms with Crippen molar-refractivity contribution in [2.24, 2.45) is 0 Å². The van der Waals surface area contributed by atoms with Crippen LogP contribution in [0.1, 0.15) is 16.0 Å². The highest BCUT2D eigenvalue weighted by Crippen LogP contribution is 2.32. The van der Waals surface area contributed by atoms with Crippen molar-refractivity contribution in [3.05, 3.63) is 52.0 Å². The fraction of sp³-hybridized carbons (Fsp3) is 0.308. The normalized spacial score (nSPS) is 12.1. The maximum absolute atomic E-state index is 12.8. The predicted molar refractivity (Wildman–Crippen MR) is 68.7 cm³/mol. The smallest absolute Gasteiger partial charge is 0.297 e. The van der Waals surface area contributed by atoms with E-state index in [9.17, 15) is 13.2 Å². The lowest BCUT2D eigenvalue weighted by atomic mass is 10.1. The number of rotatable bonds is 4. The van der Waals surface area contributed by atoms with Crippen LogP contribution in [-0.4, -0.2) is 16.9 Å². The summed E-state index contributed by atoms with van der Waals surface area (Å²) < 4.78 is 38.5. The van der Waals surface area contributed by atoms with E-state index in [4.69, 9.17) is 0 Å². The van der Waals surface area contributed by atoms with E-state index in [1.54, 1.807) is 24.8 Å². The summed E-state index contributed by atoms with van der Waals surface area (Å²) >= 11 is 1.50. The molecule has 102 valence electrons. The van der Waals surface area contributed by atoms with Crippen LogP contribution in [-0.2, 0) is 19.3 Å². The topological polar surface area (TPSA) is 16.1 Å². The second-order valence-corrected chi connectivity index (χ2v) is 5.27. The first-order valence-electron chi connectivity index (χ1n) is 5.68. The molecule has 1 heterocycles. The minimum Gasteiger partial charge on any atom is -0.297 e. The van der Waals surface area contributed by atoms with Crippen molar-refractivity contribution in [2.75, 3.05) is 7.05 Å². The molecular formula is C13H13F3N2S. The molecule has 0 atom stereocenters. The van der Waals surface area contributed by atoms with Crippen LogP contribution in [0, 0.1) is 0 Å². The van der Waals surface area contributed by atoms with Gasteiger partial charge in [0.25, 0.3) is 0 Å². The highest BCUT2D eigenvalue weighted by atomic mass is 32.1. The van der Waals surface area contributed by atoms with Crippen LogP contribution in [0.5, 0.6) is 0 Å². The maximum Gasteiger partial charge on any atom is 0.416 e. The molecule has 0 N–H and O–H groups in total. The van der Waals surface area contributed by atoms with Gasteiger partial charge in [-0.2, -0.15) is 13.2 Å². The Morgan fingerprint density at radius 3 is 2.58 bits per heavy atom. The highest BCUT2D eigenvalue weighted by molar-refractivity contribution is 7.09. The van der Waals surface area contributed by atoms with Gasteiger partial charge in [0.1, 0.15) is 0 Å². The van der Waals surface area contributed by atoms with Crippen molar-refractivity contribution in [3.63, 3.8) is 0 Å². The third kappa shape index (κ3) is 3.78. The minimum absolute atomic E-state index is 0.258. The Balaban J connectivity index is 2.10. The van der Waals surface area contributed by atoms with Crippen LogP contribution in [0.15, 0.2) is 36.0 Å². The Labute approximate surface area is 113 Å². The SMILES string of the molecule is CN(Cc1cncs1)Cc1ccccc1C(F)(F)F. The van der Waals surface area contributed by atoms with Crippen LogP contribution < -0.4 is 0 Å². The summed E-state index contributed by atoms with van der Waals surface area (Å²) in [5, 5.41) is 0. The fourth-order valence-electron chi connectivity index (χ4n) is 1.87. The van der Waals surface area contributed by atoms with Crippen LogP contribution in [0.2, 0.25) is 0 Å². The van der Waals surface area contributed by atoms with Gasteiger partial charge in [-0.3, -0.25) is 9.88 Å².